The van der Waals surface area contributed by atoms with Crippen molar-refractivity contribution in [3.63, 3.8) is 0 Å². The van der Waals surface area contributed by atoms with Gasteiger partial charge in [-0.1, -0.05) is 103 Å². The van der Waals surface area contributed by atoms with Gasteiger partial charge < -0.3 is 5.32 Å². The van der Waals surface area contributed by atoms with Gasteiger partial charge in [0.2, 0.25) is 5.91 Å². The van der Waals surface area contributed by atoms with Gasteiger partial charge in [-0.3, -0.25) is 24.3 Å². The Morgan fingerprint density at radius 2 is 1.40 bits per heavy atom. The van der Waals surface area contributed by atoms with Crippen molar-refractivity contribution < 1.29 is 14.4 Å². The summed E-state index contributed by atoms with van der Waals surface area (Å²) in [5, 5.41) is 4.04. The van der Waals surface area contributed by atoms with Gasteiger partial charge in [-0.25, -0.2) is 0 Å². The number of carbonyl (C=O) groups excluding carboxylic acids is 3. The number of benzene rings is 4. The second kappa shape index (κ2) is 12.0. The van der Waals surface area contributed by atoms with Gasteiger partial charge >= 0.3 is 0 Å². The largest absolute Gasteiger partial charge is 0.324 e. The van der Waals surface area contributed by atoms with E-state index in [2.05, 4.69) is 10.3 Å². The Morgan fingerprint density at radius 3 is 2.12 bits per heavy atom. The molecule has 0 unspecified atom stereocenters. The molecule has 42 heavy (non-hydrogen) atoms. The van der Waals surface area contributed by atoms with Gasteiger partial charge in [0.1, 0.15) is 0 Å². The van der Waals surface area contributed by atoms with E-state index in [1.807, 2.05) is 103 Å². The summed E-state index contributed by atoms with van der Waals surface area (Å²) in [5.41, 5.74) is 4.03. The van der Waals surface area contributed by atoms with Crippen molar-refractivity contribution in [1.29, 1.82) is 0 Å². The number of rotatable bonds is 9. The fourth-order valence-corrected chi connectivity index (χ4v) is 5.47. The maximum Gasteiger partial charge on any atom is 0.261 e. The van der Waals surface area contributed by atoms with Gasteiger partial charge in [-0.2, -0.15) is 0 Å². The number of pyridine rings is 1. The van der Waals surface area contributed by atoms with Crippen molar-refractivity contribution in [2.75, 3.05) is 11.9 Å². The molecule has 5 aromatic rings. The fourth-order valence-electron chi connectivity index (χ4n) is 5.47. The van der Waals surface area contributed by atoms with Crippen molar-refractivity contribution in [1.82, 2.24) is 9.88 Å². The van der Waals surface area contributed by atoms with E-state index in [0.29, 0.717) is 28.8 Å². The number of carbonyl (C=O) groups is 3. The van der Waals surface area contributed by atoms with Crippen molar-refractivity contribution >= 4 is 40.4 Å². The molecule has 206 valence electrons. The molecule has 4 aromatic carbocycles. The lowest BCUT2D eigenvalue weighted by molar-refractivity contribution is -0.121. The highest BCUT2D eigenvalue weighted by atomic mass is 16.2. The van der Waals surface area contributed by atoms with E-state index in [1.54, 1.807) is 30.5 Å². The maximum absolute atomic E-state index is 14.2. The minimum absolute atomic E-state index is 0.0639. The lowest BCUT2D eigenvalue weighted by Gasteiger charge is -2.28. The van der Waals surface area contributed by atoms with Crippen LogP contribution in [-0.2, 0) is 11.2 Å². The summed E-state index contributed by atoms with van der Waals surface area (Å²) in [5.74, 6) is -1.97. The molecule has 6 nitrogen and oxygen atoms in total. The molecule has 2 heterocycles. The zero-order chi connectivity index (χ0) is 28.9. The van der Waals surface area contributed by atoms with Crippen molar-refractivity contribution in [2.24, 2.45) is 11.8 Å². The number of amides is 3. The summed E-state index contributed by atoms with van der Waals surface area (Å²) < 4.78 is 0. The Kier molecular flexibility index (Phi) is 7.68. The topological polar surface area (TPSA) is 79.4 Å². The molecule has 0 saturated heterocycles. The van der Waals surface area contributed by atoms with E-state index in [9.17, 15) is 14.4 Å². The molecular weight excluding hydrogens is 522 g/mol. The summed E-state index contributed by atoms with van der Waals surface area (Å²) in [6, 6.07) is 35.9. The molecule has 1 aromatic heterocycles. The van der Waals surface area contributed by atoms with Crippen LogP contribution in [0.3, 0.4) is 0 Å². The molecule has 0 spiro atoms. The van der Waals surface area contributed by atoms with E-state index in [4.69, 9.17) is 0 Å². The summed E-state index contributed by atoms with van der Waals surface area (Å²) in [7, 11) is 0. The zero-order valence-electron chi connectivity index (χ0n) is 22.9. The van der Waals surface area contributed by atoms with E-state index >= 15 is 0 Å². The third-order valence-electron chi connectivity index (χ3n) is 7.65. The quantitative estimate of drug-likeness (QED) is 0.208. The average Bonchev–Trinajstić information content (AvgIpc) is 3.28. The molecule has 2 atom stereocenters. The van der Waals surface area contributed by atoms with Gasteiger partial charge in [0.05, 0.1) is 28.2 Å². The van der Waals surface area contributed by atoms with Crippen LogP contribution in [0.15, 0.2) is 128 Å². The molecule has 1 aliphatic heterocycles. The van der Waals surface area contributed by atoms with Crippen LogP contribution in [0.2, 0.25) is 0 Å². The van der Waals surface area contributed by atoms with Crippen LogP contribution in [0.4, 0.5) is 5.69 Å². The number of imide groups is 1. The first-order valence-electron chi connectivity index (χ1n) is 14.0. The molecule has 0 radical (unpaired) electrons. The van der Waals surface area contributed by atoms with Crippen molar-refractivity contribution in [2.45, 2.75) is 6.42 Å². The monoisotopic (exact) mass is 551 g/mol. The first-order valence-corrected chi connectivity index (χ1v) is 14.0. The molecule has 0 bridgehead atoms. The van der Waals surface area contributed by atoms with Crippen LogP contribution < -0.4 is 5.32 Å². The SMILES string of the molecule is O=C(Nc1cccc2cccnc12)[C@H](Cc1ccccc1)[C@H](/C=C/c1ccccc1)CN1C(=O)c2ccccc2C1=O. The Balaban J connectivity index is 1.38. The summed E-state index contributed by atoms with van der Waals surface area (Å²) >= 11 is 0. The Morgan fingerprint density at radius 1 is 0.762 bits per heavy atom. The molecule has 0 saturated carbocycles. The summed E-state index contributed by atoms with van der Waals surface area (Å²) in [4.78, 5) is 46.7. The second-order valence-corrected chi connectivity index (χ2v) is 10.4. The first kappa shape index (κ1) is 26.8. The summed E-state index contributed by atoms with van der Waals surface area (Å²) in [6.07, 6.45) is 6.02. The number of nitrogens with zero attached hydrogens (tertiary/aromatic N) is 2. The van der Waals surface area contributed by atoms with Gasteiger partial charge in [0.15, 0.2) is 0 Å². The number of hydrogen-bond donors (Lipinski definition) is 1. The number of hydrogen-bond acceptors (Lipinski definition) is 4. The summed E-state index contributed by atoms with van der Waals surface area (Å²) in [6.45, 7) is 0.0639. The number of nitrogens with one attached hydrogen (secondary N) is 1. The van der Waals surface area contributed by atoms with Gasteiger partial charge in [0.25, 0.3) is 11.8 Å². The Labute approximate surface area is 244 Å². The van der Waals surface area contributed by atoms with E-state index < -0.39 is 11.8 Å². The highest BCUT2D eigenvalue weighted by Crippen LogP contribution is 2.30. The molecule has 6 heteroatoms. The number of aromatic nitrogens is 1. The fraction of sp³-hybridized carbons (Fsp3) is 0.111. The average molecular weight is 552 g/mol. The highest BCUT2D eigenvalue weighted by Gasteiger charge is 2.38. The Hall–Kier alpha value is -5.36. The van der Waals surface area contributed by atoms with Crippen LogP contribution in [0.1, 0.15) is 31.8 Å². The van der Waals surface area contributed by atoms with Crippen LogP contribution in [0.25, 0.3) is 17.0 Å². The molecule has 3 amide bonds. The lowest BCUT2D eigenvalue weighted by Crippen LogP contribution is -2.40. The minimum Gasteiger partial charge on any atom is -0.324 e. The third-order valence-corrected chi connectivity index (χ3v) is 7.65. The zero-order valence-corrected chi connectivity index (χ0v) is 22.9. The highest BCUT2D eigenvalue weighted by molar-refractivity contribution is 6.21. The standard InChI is InChI=1S/C36H29N3O3/c40-34(38-32-19-9-15-27-16-10-22-37-33(27)32)31(23-26-13-5-2-6-14-26)28(21-20-25-11-3-1-4-12-25)24-39-35(41)29-17-7-8-18-30(29)36(39)42/h1-22,28,31H,23-24H2,(H,38,40)/b21-20+/t28-,31-/m1/s1. The Bertz CT molecular complexity index is 1740. The van der Waals surface area contributed by atoms with Crippen LogP contribution in [0.5, 0.6) is 0 Å². The molecule has 0 fully saturated rings. The molecule has 1 aliphatic rings. The molecule has 6 rings (SSSR count). The van der Waals surface area contributed by atoms with Crippen molar-refractivity contribution in [3.05, 3.63) is 150 Å². The van der Waals surface area contributed by atoms with Gasteiger partial charge in [-0.05, 0) is 41.8 Å². The predicted molar refractivity (Wildman–Crippen MR) is 165 cm³/mol. The number of fused-ring (bicyclic) bond motifs is 2. The van der Waals surface area contributed by atoms with E-state index in [0.717, 1.165) is 16.5 Å². The smallest absolute Gasteiger partial charge is 0.261 e. The number of anilines is 1. The second-order valence-electron chi connectivity index (χ2n) is 10.4. The van der Waals surface area contributed by atoms with Gasteiger partial charge in [-0.15, -0.1) is 0 Å². The van der Waals surface area contributed by atoms with Gasteiger partial charge in [0, 0.05) is 24.0 Å². The predicted octanol–water partition coefficient (Wildman–Crippen LogP) is 6.66. The molecular formula is C36H29N3O3. The first-order chi connectivity index (χ1) is 20.6. The van der Waals surface area contributed by atoms with E-state index in [-0.39, 0.29) is 24.3 Å². The van der Waals surface area contributed by atoms with Crippen molar-refractivity contribution in [3.8, 4) is 0 Å². The van der Waals surface area contributed by atoms with E-state index in [1.165, 1.54) is 4.90 Å². The molecule has 1 N–H and O–H groups in total. The third kappa shape index (κ3) is 5.60. The van der Waals surface area contributed by atoms with Crippen LogP contribution in [0, 0.1) is 11.8 Å². The normalized spacial score (nSPS) is 14.2. The minimum atomic E-state index is -0.601. The number of para-hydroxylation sites is 1. The van der Waals surface area contributed by atoms with Crippen LogP contribution in [-0.4, -0.2) is 34.2 Å². The maximum atomic E-state index is 14.2. The van der Waals surface area contributed by atoms with Crippen LogP contribution >= 0.6 is 0 Å². The lowest BCUT2D eigenvalue weighted by atomic mass is 9.84. The molecule has 0 aliphatic carbocycles.